The zero-order valence-corrected chi connectivity index (χ0v) is 18.0. The Morgan fingerprint density at radius 2 is 1.97 bits per heavy atom. The predicted molar refractivity (Wildman–Crippen MR) is 115 cm³/mol. The number of rotatable bonds is 9. The van der Waals surface area contributed by atoms with E-state index in [0.29, 0.717) is 12.2 Å². The highest BCUT2D eigenvalue weighted by Crippen LogP contribution is 2.16. The number of likely N-dealkylation sites (N-methyl/N-ethyl adjacent to an activating group) is 1. The summed E-state index contributed by atoms with van der Waals surface area (Å²) in [7, 11) is 1.55. The molecule has 2 rings (SSSR count). The lowest BCUT2D eigenvalue weighted by Gasteiger charge is -2.24. The quantitative estimate of drug-likeness (QED) is 0.655. The molecule has 156 valence electrons. The van der Waals surface area contributed by atoms with E-state index in [0.717, 1.165) is 16.8 Å². The zero-order valence-electron chi connectivity index (χ0n) is 17.2. The molecule has 0 saturated heterocycles. The smallest absolute Gasteiger partial charge is 0.287 e. The topological polar surface area (TPSA) is 91.7 Å². The molecule has 0 spiro atoms. The van der Waals surface area contributed by atoms with E-state index in [1.54, 1.807) is 24.9 Å². The second kappa shape index (κ2) is 10.7. The lowest BCUT2D eigenvalue weighted by atomic mass is 10.1. The number of nitrogens with one attached hydrogen (secondary N) is 2. The molecule has 7 nitrogen and oxygen atoms in total. The Kier molecular flexibility index (Phi) is 8.33. The van der Waals surface area contributed by atoms with Crippen LogP contribution in [-0.2, 0) is 9.59 Å². The Bertz CT molecular complexity index is 852. The third-order valence-corrected chi connectivity index (χ3v) is 5.03. The molecule has 0 aliphatic carbocycles. The van der Waals surface area contributed by atoms with Crippen molar-refractivity contribution in [3.05, 3.63) is 53.5 Å². The number of benzene rings is 1. The highest BCUT2D eigenvalue weighted by molar-refractivity contribution is 7.98. The Balaban J connectivity index is 2.00. The minimum atomic E-state index is -0.737. The van der Waals surface area contributed by atoms with Crippen LogP contribution < -0.4 is 10.6 Å². The molecule has 1 heterocycles. The monoisotopic (exact) mass is 417 g/mol. The third kappa shape index (κ3) is 6.67. The SMILES string of the molecule is CSCC[C@H](NC(=O)c1ccco1)C(=O)N(C)CC(=O)Nc1cc(C)ccc1C. The van der Waals surface area contributed by atoms with E-state index in [9.17, 15) is 14.4 Å². The number of carbonyl (C=O) groups excluding carboxylic acids is 3. The van der Waals surface area contributed by atoms with Gasteiger partial charge >= 0.3 is 0 Å². The summed E-state index contributed by atoms with van der Waals surface area (Å²) < 4.78 is 5.09. The van der Waals surface area contributed by atoms with Crippen molar-refractivity contribution in [2.45, 2.75) is 26.3 Å². The van der Waals surface area contributed by atoms with Crippen LogP contribution in [0, 0.1) is 13.8 Å². The van der Waals surface area contributed by atoms with Gasteiger partial charge in [0, 0.05) is 12.7 Å². The van der Waals surface area contributed by atoms with Crippen LogP contribution in [0.4, 0.5) is 5.69 Å². The number of aryl methyl sites for hydroxylation is 2. The number of amides is 3. The molecule has 1 aromatic heterocycles. The number of furan rings is 1. The summed E-state index contributed by atoms with van der Waals surface area (Å²) in [6.07, 6.45) is 3.78. The molecule has 1 aromatic carbocycles. The molecule has 0 radical (unpaired) electrons. The molecule has 0 unspecified atom stereocenters. The Morgan fingerprint density at radius 3 is 2.62 bits per heavy atom. The van der Waals surface area contributed by atoms with Crippen LogP contribution in [0.1, 0.15) is 28.1 Å². The average Bonchev–Trinajstić information content (AvgIpc) is 3.22. The number of anilines is 1. The number of nitrogens with zero attached hydrogens (tertiary/aromatic N) is 1. The first-order valence-corrected chi connectivity index (χ1v) is 10.7. The van der Waals surface area contributed by atoms with E-state index >= 15 is 0 Å². The van der Waals surface area contributed by atoms with Crippen molar-refractivity contribution in [3.63, 3.8) is 0 Å². The van der Waals surface area contributed by atoms with E-state index in [2.05, 4.69) is 10.6 Å². The maximum absolute atomic E-state index is 12.9. The van der Waals surface area contributed by atoms with Crippen molar-refractivity contribution in [2.75, 3.05) is 30.9 Å². The lowest BCUT2D eigenvalue weighted by molar-refractivity contribution is -0.135. The highest BCUT2D eigenvalue weighted by atomic mass is 32.2. The zero-order chi connectivity index (χ0) is 21.4. The first kappa shape index (κ1) is 22.5. The van der Waals surface area contributed by atoms with Gasteiger partial charge in [0.25, 0.3) is 5.91 Å². The Labute approximate surface area is 175 Å². The minimum Gasteiger partial charge on any atom is -0.459 e. The normalized spacial score (nSPS) is 11.6. The predicted octanol–water partition coefficient (Wildman–Crippen LogP) is 2.85. The first-order valence-electron chi connectivity index (χ1n) is 9.27. The van der Waals surface area contributed by atoms with Crippen molar-refractivity contribution in [1.29, 1.82) is 0 Å². The van der Waals surface area contributed by atoms with Gasteiger partial charge in [-0.25, -0.2) is 0 Å². The van der Waals surface area contributed by atoms with Crippen LogP contribution in [0.5, 0.6) is 0 Å². The summed E-state index contributed by atoms with van der Waals surface area (Å²) in [4.78, 5) is 38.9. The van der Waals surface area contributed by atoms with E-state index in [1.807, 2.05) is 38.3 Å². The number of hydrogen-bond acceptors (Lipinski definition) is 5. The van der Waals surface area contributed by atoms with Crippen LogP contribution >= 0.6 is 11.8 Å². The number of thioether (sulfide) groups is 1. The summed E-state index contributed by atoms with van der Waals surface area (Å²) in [6.45, 7) is 3.74. The summed E-state index contributed by atoms with van der Waals surface area (Å²) in [5.41, 5.74) is 2.70. The molecule has 0 saturated carbocycles. The summed E-state index contributed by atoms with van der Waals surface area (Å²) in [6, 6.07) is 8.20. The fraction of sp³-hybridized carbons (Fsp3) is 0.381. The second-order valence-corrected chi connectivity index (χ2v) is 7.83. The Morgan fingerprint density at radius 1 is 1.21 bits per heavy atom. The summed E-state index contributed by atoms with van der Waals surface area (Å²) in [5.74, 6) is -0.243. The summed E-state index contributed by atoms with van der Waals surface area (Å²) in [5, 5.41) is 5.55. The van der Waals surface area contributed by atoms with Crippen LogP contribution in [0.15, 0.2) is 41.0 Å². The van der Waals surface area contributed by atoms with E-state index in [-0.39, 0.29) is 24.1 Å². The second-order valence-electron chi connectivity index (χ2n) is 6.85. The van der Waals surface area contributed by atoms with Gasteiger partial charge in [0.1, 0.15) is 6.04 Å². The molecule has 0 fully saturated rings. The van der Waals surface area contributed by atoms with Gasteiger partial charge in [-0.1, -0.05) is 12.1 Å². The highest BCUT2D eigenvalue weighted by Gasteiger charge is 2.26. The van der Waals surface area contributed by atoms with Crippen molar-refractivity contribution in [1.82, 2.24) is 10.2 Å². The summed E-state index contributed by atoms with van der Waals surface area (Å²) >= 11 is 1.58. The molecule has 0 aliphatic heterocycles. The van der Waals surface area contributed by atoms with Gasteiger partial charge < -0.3 is 20.0 Å². The number of carbonyl (C=O) groups is 3. The fourth-order valence-corrected chi connectivity index (χ4v) is 3.22. The maximum atomic E-state index is 12.9. The van der Waals surface area contributed by atoms with Crippen LogP contribution in [0.25, 0.3) is 0 Å². The molecule has 0 aliphatic rings. The van der Waals surface area contributed by atoms with Gasteiger partial charge in [0.2, 0.25) is 11.8 Å². The van der Waals surface area contributed by atoms with Crippen molar-refractivity contribution in [3.8, 4) is 0 Å². The molecule has 8 heteroatoms. The van der Waals surface area contributed by atoms with Crippen molar-refractivity contribution < 1.29 is 18.8 Å². The van der Waals surface area contributed by atoms with Gasteiger partial charge in [-0.15, -0.1) is 0 Å². The number of hydrogen-bond donors (Lipinski definition) is 2. The molecule has 2 N–H and O–H groups in total. The maximum Gasteiger partial charge on any atom is 0.287 e. The van der Waals surface area contributed by atoms with E-state index in [4.69, 9.17) is 4.42 Å². The molecule has 2 aromatic rings. The minimum absolute atomic E-state index is 0.112. The van der Waals surface area contributed by atoms with Gasteiger partial charge in [0.15, 0.2) is 5.76 Å². The standard InChI is InChI=1S/C21H27N3O4S/c1-14-7-8-15(2)17(12-14)22-19(25)13-24(3)21(27)16(9-11-29-4)23-20(26)18-6-5-10-28-18/h5-8,10,12,16H,9,11,13H2,1-4H3,(H,22,25)(H,23,26)/t16-/m0/s1. The van der Waals surface area contributed by atoms with Gasteiger partial charge in [-0.3, -0.25) is 14.4 Å². The molecular weight excluding hydrogens is 390 g/mol. The fourth-order valence-electron chi connectivity index (χ4n) is 2.75. The molecule has 1 atom stereocenters. The van der Waals surface area contributed by atoms with Crippen molar-refractivity contribution >= 4 is 35.2 Å². The van der Waals surface area contributed by atoms with Crippen LogP contribution in [0.3, 0.4) is 0 Å². The first-order chi connectivity index (χ1) is 13.8. The molecule has 29 heavy (non-hydrogen) atoms. The largest absolute Gasteiger partial charge is 0.459 e. The molecule has 0 bridgehead atoms. The molecular formula is C21H27N3O4S. The van der Waals surface area contributed by atoms with E-state index < -0.39 is 11.9 Å². The third-order valence-electron chi connectivity index (χ3n) is 4.38. The van der Waals surface area contributed by atoms with Crippen LogP contribution in [-0.4, -0.2) is 54.3 Å². The van der Waals surface area contributed by atoms with E-state index in [1.165, 1.54) is 17.2 Å². The van der Waals surface area contributed by atoms with Gasteiger partial charge in [0.05, 0.1) is 12.8 Å². The molecule has 3 amide bonds. The van der Waals surface area contributed by atoms with Crippen LogP contribution in [0.2, 0.25) is 0 Å². The lowest BCUT2D eigenvalue weighted by Crippen LogP contribution is -2.49. The van der Waals surface area contributed by atoms with Gasteiger partial charge in [-0.2, -0.15) is 11.8 Å². The Hall–Kier alpha value is -2.74. The van der Waals surface area contributed by atoms with Crippen molar-refractivity contribution in [2.24, 2.45) is 0 Å². The average molecular weight is 418 g/mol. The van der Waals surface area contributed by atoms with Gasteiger partial charge in [-0.05, 0) is 61.6 Å².